The van der Waals surface area contributed by atoms with E-state index in [1.807, 2.05) is 13.8 Å². The summed E-state index contributed by atoms with van der Waals surface area (Å²) < 4.78 is 10.4. The third kappa shape index (κ3) is 5.66. The molecule has 0 atom stereocenters. The average Bonchev–Trinajstić information content (AvgIpc) is 3.23. The molecular weight excluding hydrogens is 394 g/mol. The summed E-state index contributed by atoms with van der Waals surface area (Å²) in [6.45, 7) is 4.14. The van der Waals surface area contributed by atoms with E-state index in [0.29, 0.717) is 24.4 Å². The lowest BCUT2D eigenvalue weighted by molar-refractivity contribution is -0.384. The maximum Gasteiger partial charge on any atom is 0.374 e. The van der Waals surface area contributed by atoms with Gasteiger partial charge >= 0.3 is 5.97 Å². The van der Waals surface area contributed by atoms with Gasteiger partial charge in [-0.25, -0.2) is 4.79 Å². The van der Waals surface area contributed by atoms with Crippen LogP contribution < -0.4 is 0 Å². The first kappa shape index (κ1) is 22.6. The summed E-state index contributed by atoms with van der Waals surface area (Å²) in [6.07, 6.45) is 0. The molecular formula is C20H23N3O7. The van der Waals surface area contributed by atoms with Gasteiger partial charge in [0, 0.05) is 37.8 Å². The summed E-state index contributed by atoms with van der Waals surface area (Å²) in [6, 6.07) is 8.55. The van der Waals surface area contributed by atoms with Crippen LogP contribution in [0.4, 0.5) is 5.69 Å². The molecule has 2 aromatic rings. The molecule has 0 saturated heterocycles. The molecule has 0 saturated carbocycles. The molecule has 0 radical (unpaired) electrons. The van der Waals surface area contributed by atoms with Crippen molar-refractivity contribution in [1.82, 2.24) is 9.80 Å². The fraction of sp³-hybridized carbons (Fsp3) is 0.350. The van der Waals surface area contributed by atoms with Gasteiger partial charge in [0.1, 0.15) is 5.76 Å². The number of hydrogen-bond donors (Lipinski definition) is 0. The van der Waals surface area contributed by atoms with Crippen molar-refractivity contribution in [2.45, 2.75) is 13.8 Å². The van der Waals surface area contributed by atoms with E-state index in [1.54, 1.807) is 4.90 Å². The topological polar surface area (TPSA) is 123 Å². The molecule has 0 aliphatic heterocycles. The number of carbonyl (C=O) groups is 3. The molecule has 0 fully saturated rings. The van der Waals surface area contributed by atoms with Crippen LogP contribution >= 0.6 is 0 Å². The van der Waals surface area contributed by atoms with Gasteiger partial charge in [0.2, 0.25) is 11.7 Å². The van der Waals surface area contributed by atoms with E-state index >= 15 is 0 Å². The van der Waals surface area contributed by atoms with Gasteiger partial charge in [0.05, 0.1) is 11.5 Å². The van der Waals surface area contributed by atoms with E-state index < -0.39 is 23.4 Å². The zero-order valence-corrected chi connectivity index (χ0v) is 17.0. The SMILES string of the molecule is CCN(CC)C(=O)CN(C)C(=O)COC(=O)c1ccc(-c2ccc([N+](=O)[O-])cc2)o1. The minimum Gasteiger partial charge on any atom is -0.450 e. The minimum atomic E-state index is -0.833. The zero-order valence-electron chi connectivity index (χ0n) is 17.0. The summed E-state index contributed by atoms with van der Waals surface area (Å²) in [4.78, 5) is 49.3. The second-order valence-corrected chi connectivity index (χ2v) is 6.36. The lowest BCUT2D eigenvalue weighted by Crippen LogP contribution is -2.42. The van der Waals surface area contributed by atoms with Crippen molar-refractivity contribution in [2.24, 2.45) is 0 Å². The first-order valence-corrected chi connectivity index (χ1v) is 9.30. The zero-order chi connectivity index (χ0) is 22.3. The van der Waals surface area contributed by atoms with Crippen molar-refractivity contribution in [3.05, 3.63) is 52.3 Å². The van der Waals surface area contributed by atoms with Crippen molar-refractivity contribution in [1.29, 1.82) is 0 Å². The van der Waals surface area contributed by atoms with Crippen LogP contribution in [0.15, 0.2) is 40.8 Å². The summed E-state index contributed by atoms with van der Waals surface area (Å²) in [5, 5.41) is 10.7. The first-order valence-electron chi connectivity index (χ1n) is 9.30. The van der Waals surface area contributed by atoms with Gasteiger partial charge in [-0.15, -0.1) is 0 Å². The number of non-ortho nitro benzene ring substituents is 1. The highest BCUT2D eigenvalue weighted by Crippen LogP contribution is 2.24. The van der Waals surface area contributed by atoms with E-state index in [0.717, 1.165) is 0 Å². The molecule has 1 aromatic heterocycles. The van der Waals surface area contributed by atoms with Crippen LogP contribution in [0.25, 0.3) is 11.3 Å². The number of rotatable bonds is 9. The summed E-state index contributed by atoms with van der Waals surface area (Å²) in [5.41, 5.74) is 0.484. The maximum atomic E-state index is 12.1. The number of esters is 1. The third-order valence-electron chi connectivity index (χ3n) is 4.41. The predicted molar refractivity (Wildman–Crippen MR) is 107 cm³/mol. The number of hydrogen-bond acceptors (Lipinski definition) is 7. The van der Waals surface area contributed by atoms with Gasteiger partial charge in [-0.05, 0) is 38.1 Å². The Labute approximate surface area is 173 Å². The normalized spacial score (nSPS) is 10.4. The number of nitro groups is 1. The molecule has 10 nitrogen and oxygen atoms in total. The van der Waals surface area contributed by atoms with Crippen molar-refractivity contribution in [3.8, 4) is 11.3 Å². The van der Waals surface area contributed by atoms with Crippen LogP contribution in [0.2, 0.25) is 0 Å². The van der Waals surface area contributed by atoms with Gasteiger partial charge in [-0.2, -0.15) is 0 Å². The number of furan rings is 1. The Hall–Kier alpha value is -3.69. The van der Waals surface area contributed by atoms with Gasteiger partial charge in [-0.3, -0.25) is 19.7 Å². The van der Waals surface area contributed by atoms with Crippen LogP contribution in [0.1, 0.15) is 24.4 Å². The minimum absolute atomic E-state index is 0.0629. The van der Waals surface area contributed by atoms with Gasteiger partial charge in [-0.1, -0.05) is 0 Å². The Kier molecular flexibility index (Phi) is 7.68. The standard InChI is InChI=1S/C20H23N3O7/c1-4-22(5-2)18(24)12-21(3)19(25)13-29-20(26)17-11-10-16(30-17)14-6-8-15(9-7-14)23(27)28/h6-11H,4-5,12-13H2,1-3H3. The monoisotopic (exact) mass is 417 g/mol. The molecule has 1 heterocycles. The molecule has 1 aromatic carbocycles. The molecule has 0 bridgehead atoms. The van der Waals surface area contributed by atoms with Gasteiger partial charge in [0.15, 0.2) is 6.61 Å². The van der Waals surface area contributed by atoms with Crippen LogP contribution in [-0.4, -0.2) is 65.8 Å². The highest BCUT2D eigenvalue weighted by Gasteiger charge is 2.20. The molecule has 10 heteroatoms. The summed E-state index contributed by atoms with van der Waals surface area (Å²) in [7, 11) is 1.46. The van der Waals surface area contributed by atoms with Crippen molar-refractivity contribution >= 4 is 23.5 Å². The molecule has 0 aliphatic carbocycles. The van der Waals surface area contributed by atoms with E-state index in [1.165, 1.54) is 48.3 Å². The smallest absolute Gasteiger partial charge is 0.374 e. The van der Waals surface area contributed by atoms with Crippen molar-refractivity contribution in [2.75, 3.05) is 33.3 Å². The molecule has 160 valence electrons. The predicted octanol–water partition coefficient (Wildman–Crippen LogP) is 2.34. The van der Waals surface area contributed by atoms with Gasteiger partial charge < -0.3 is 19.0 Å². The number of amides is 2. The van der Waals surface area contributed by atoms with Crippen LogP contribution in [0.5, 0.6) is 0 Å². The molecule has 30 heavy (non-hydrogen) atoms. The van der Waals surface area contributed by atoms with Crippen molar-refractivity contribution in [3.63, 3.8) is 0 Å². The maximum absolute atomic E-state index is 12.1. The fourth-order valence-electron chi connectivity index (χ4n) is 2.63. The quantitative estimate of drug-likeness (QED) is 0.348. The number of ether oxygens (including phenoxy) is 1. The Balaban J connectivity index is 1.91. The Morgan fingerprint density at radius 2 is 1.67 bits per heavy atom. The van der Waals surface area contributed by atoms with E-state index in [-0.39, 0.29) is 23.9 Å². The molecule has 2 rings (SSSR count). The number of benzene rings is 1. The Bertz CT molecular complexity index is 917. The lowest BCUT2D eigenvalue weighted by atomic mass is 10.1. The second-order valence-electron chi connectivity index (χ2n) is 6.36. The molecule has 2 amide bonds. The number of nitrogens with zero attached hydrogens (tertiary/aromatic N) is 3. The van der Waals surface area contributed by atoms with Crippen LogP contribution in [0.3, 0.4) is 0 Å². The van der Waals surface area contributed by atoms with E-state index in [2.05, 4.69) is 0 Å². The number of nitro benzene ring substituents is 1. The van der Waals surface area contributed by atoms with Gasteiger partial charge in [0.25, 0.3) is 11.6 Å². The Morgan fingerprint density at radius 1 is 1.03 bits per heavy atom. The number of likely N-dealkylation sites (N-methyl/N-ethyl adjacent to an activating group) is 2. The lowest BCUT2D eigenvalue weighted by Gasteiger charge is -2.23. The average molecular weight is 417 g/mol. The summed E-state index contributed by atoms with van der Waals surface area (Å²) in [5.74, 6) is -1.34. The van der Waals surface area contributed by atoms with Crippen LogP contribution in [0, 0.1) is 10.1 Å². The number of carbonyl (C=O) groups excluding carboxylic acids is 3. The Morgan fingerprint density at radius 3 is 2.23 bits per heavy atom. The van der Waals surface area contributed by atoms with Crippen LogP contribution in [-0.2, 0) is 14.3 Å². The first-order chi connectivity index (χ1) is 14.3. The molecule has 0 spiro atoms. The molecule has 0 unspecified atom stereocenters. The highest BCUT2D eigenvalue weighted by atomic mass is 16.6. The third-order valence-corrected chi connectivity index (χ3v) is 4.41. The fourth-order valence-corrected chi connectivity index (χ4v) is 2.63. The summed E-state index contributed by atoms with van der Waals surface area (Å²) >= 11 is 0. The molecule has 0 aliphatic rings. The molecule has 0 N–H and O–H groups in total. The van der Waals surface area contributed by atoms with E-state index in [9.17, 15) is 24.5 Å². The van der Waals surface area contributed by atoms with E-state index in [4.69, 9.17) is 9.15 Å². The van der Waals surface area contributed by atoms with Crippen molar-refractivity contribution < 1.29 is 28.5 Å². The second kappa shape index (κ2) is 10.2. The highest BCUT2D eigenvalue weighted by molar-refractivity contribution is 5.90. The largest absolute Gasteiger partial charge is 0.450 e.